The molecule has 2 aromatic carbocycles. The molecular formula is C14H13F3N2. The van der Waals surface area contributed by atoms with Gasteiger partial charge in [0.1, 0.15) is 17.5 Å². The first-order valence-corrected chi connectivity index (χ1v) is 5.64. The van der Waals surface area contributed by atoms with Crippen LogP contribution in [-0.4, -0.2) is 7.05 Å². The van der Waals surface area contributed by atoms with E-state index in [0.29, 0.717) is 11.3 Å². The van der Waals surface area contributed by atoms with Crippen molar-refractivity contribution in [3.05, 3.63) is 53.3 Å². The van der Waals surface area contributed by atoms with Crippen molar-refractivity contribution in [2.45, 2.75) is 6.92 Å². The maximum absolute atomic E-state index is 13.7. The van der Waals surface area contributed by atoms with Gasteiger partial charge in [0.25, 0.3) is 0 Å². The van der Waals surface area contributed by atoms with E-state index >= 15 is 0 Å². The van der Waals surface area contributed by atoms with Crippen LogP contribution in [0.2, 0.25) is 0 Å². The van der Waals surface area contributed by atoms with Crippen molar-refractivity contribution < 1.29 is 13.2 Å². The molecule has 0 atom stereocenters. The molecule has 0 aliphatic carbocycles. The smallest absolute Gasteiger partial charge is 0.149 e. The number of nitrogens with two attached hydrogens (primary N) is 1. The molecule has 19 heavy (non-hydrogen) atoms. The highest BCUT2D eigenvalue weighted by Gasteiger charge is 2.14. The molecule has 0 radical (unpaired) electrons. The molecule has 2 rings (SSSR count). The summed E-state index contributed by atoms with van der Waals surface area (Å²) in [7, 11) is 1.57. The quantitative estimate of drug-likeness (QED) is 0.838. The fourth-order valence-electron chi connectivity index (χ4n) is 1.92. The lowest BCUT2D eigenvalue weighted by Gasteiger charge is -2.23. The van der Waals surface area contributed by atoms with Gasteiger partial charge in [-0.1, -0.05) is 0 Å². The minimum absolute atomic E-state index is 0.148. The minimum atomic E-state index is -0.718. The summed E-state index contributed by atoms with van der Waals surface area (Å²) in [4.78, 5) is 1.43. The van der Waals surface area contributed by atoms with E-state index in [1.165, 1.54) is 23.1 Å². The molecule has 2 N–H and O–H groups in total. The molecule has 0 aliphatic heterocycles. The molecule has 0 saturated carbocycles. The summed E-state index contributed by atoms with van der Waals surface area (Å²) >= 11 is 0. The molecule has 5 heteroatoms. The molecule has 100 valence electrons. The predicted molar refractivity (Wildman–Crippen MR) is 70.0 cm³/mol. The Bertz CT molecular complexity index is 626. The maximum Gasteiger partial charge on any atom is 0.149 e. The van der Waals surface area contributed by atoms with Crippen molar-refractivity contribution in [1.29, 1.82) is 0 Å². The van der Waals surface area contributed by atoms with Crippen LogP contribution < -0.4 is 10.6 Å². The SMILES string of the molecule is Cc1c(N)cc(F)cc1N(C)c1ccc(F)cc1F. The second-order valence-electron chi connectivity index (χ2n) is 4.29. The summed E-state index contributed by atoms with van der Waals surface area (Å²) in [6.07, 6.45) is 0. The Hall–Kier alpha value is -2.17. The number of hydrogen-bond donors (Lipinski definition) is 1. The molecule has 0 bridgehead atoms. The van der Waals surface area contributed by atoms with Crippen molar-refractivity contribution in [3.8, 4) is 0 Å². The van der Waals surface area contributed by atoms with Gasteiger partial charge in [-0.2, -0.15) is 0 Å². The standard InChI is InChI=1S/C14H13F3N2/c1-8-12(18)6-10(16)7-14(8)19(2)13-4-3-9(15)5-11(13)17/h3-7H,18H2,1-2H3. The molecule has 0 heterocycles. The number of anilines is 3. The van der Waals surface area contributed by atoms with Gasteiger partial charge in [-0.25, -0.2) is 13.2 Å². The van der Waals surface area contributed by atoms with Crippen LogP contribution in [-0.2, 0) is 0 Å². The van der Waals surface area contributed by atoms with Crippen LogP contribution >= 0.6 is 0 Å². The van der Waals surface area contributed by atoms with Gasteiger partial charge in [-0.15, -0.1) is 0 Å². The molecule has 0 spiro atoms. The van der Waals surface area contributed by atoms with Gasteiger partial charge in [0.05, 0.1) is 5.69 Å². The summed E-state index contributed by atoms with van der Waals surface area (Å²) in [5.41, 5.74) is 7.17. The lowest BCUT2D eigenvalue weighted by Crippen LogP contribution is -2.14. The van der Waals surface area contributed by atoms with Gasteiger partial charge in [0.15, 0.2) is 0 Å². The Morgan fingerprint density at radius 1 is 0.947 bits per heavy atom. The van der Waals surface area contributed by atoms with E-state index in [-0.39, 0.29) is 11.4 Å². The molecule has 0 aromatic heterocycles. The third kappa shape index (κ3) is 2.50. The van der Waals surface area contributed by atoms with E-state index in [0.717, 1.165) is 12.1 Å². The molecule has 0 saturated heterocycles. The van der Waals surface area contributed by atoms with E-state index in [1.54, 1.807) is 14.0 Å². The number of halogens is 3. The van der Waals surface area contributed by atoms with E-state index < -0.39 is 17.5 Å². The fourth-order valence-corrected chi connectivity index (χ4v) is 1.92. The van der Waals surface area contributed by atoms with Crippen LogP contribution in [0.1, 0.15) is 5.56 Å². The molecule has 0 unspecified atom stereocenters. The van der Waals surface area contributed by atoms with Gasteiger partial charge >= 0.3 is 0 Å². The van der Waals surface area contributed by atoms with Crippen LogP contribution in [0, 0.1) is 24.4 Å². The Morgan fingerprint density at radius 3 is 2.26 bits per heavy atom. The third-order valence-corrected chi connectivity index (χ3v) is 3.02. The zero-order chi connectivity index (χ0) is 14.2. The lowest BCUT2D eigenvalue weighted by molar-refractivity contribution is 0.583. The first kappa shape index (κ1) is 13.3. The van der Waals surface area contributed by atoms with Crippen molar-refractivity contribution >= 4 is 17.1 Å². The average molecular weight is 266 g/mol. The highest BCUT2D eigenvalue weighted by atomic mass is 19.1. The predicted octanol–water partition coefficient (Wildman–Crippen LogP) is 3.76. The van der Waals surface area contributed by atoms with E-state index in [2.05, 4.69) is 0 Å². The van der Waals surface area contributed by atoms with Gasteiger partial charge in [-0.05, 0) is 36.8 Å². The van der Waals surface area contributed by atoms with Crippen LogP contribution in [0.3, 0.4) is 0 Å². The lowest BCUT2D eigenvalue weighted by atomic mass is 10.1. The summed E-state index contributed by atoms with van der Waals surface area (Å²) in [5, 5.41) is 0. The molecule has 2 nitrogen and oxygen atoms in total. The molecule has 0 aliphatic rings. The zero-order valence-electron chi connectivity index (χ0n) is 10.5. The van der Waals surface area contributed by atoms with E-state index in [4.69, 9.17) is 5.73 Å². The number of hydrogen-bond acceptors (Lipinski definition) is 2. The van der Waals surface area contributed by atoms with Crippen LogP contribution in [0.15, 0.2) is 30.3 Å². The first-order chi connectivity index (χ1) is 8.90. The summed E-state index contributed by atoms with van der Waals surface area (Å²) in [5.74, 6) is -1.89. The summed E-state index contributed by atoms with van der Waals surface area (Å²) in [6.45, 7) is 1.71. The topological polar surface area (TPSA) is 29.3 Å². The fraction of sp³-hybridized carbons (Fsp3) is 0.143. The van der Waals surface area contributed by atoms with Gasteiger partial charge in [0, 0.05) is 24.5 Å². The Kier molecular flexibility index (Phi) is 3.38. The monoisotopic (exact) mass is 266 g/mol. The average Bonchev–Trinajstić information content (AvgIpc) is 2.33. The zero-order valence-corrected chi connectivity index (χ0v) is 10.5. The number of nitrogens with zero attached hydrogens (tertiary/aromatic N) is 1. The van der Waals surface area contributed by atoms with Crippen molar-refractivity contribution in [1.82, 2.24) is 0 Å². The Morgan fingerprint density at radius 2 is 1.63 bits per heavy atom. The number of rotatable bonds is 2. The molecular weight excluding hydrogens is 253 g/mol. The van der Waals surface area contributed by atoms with E-state index in [9.17, 15) is 13.2 Å². The van der Waals surface area contributed by atoms with Gasteiger partial charge in [-0.3, -0.25) is 0 Å². The summed E-state index contributed by atoms with van der Waals surface area (Å²) in [6, 6.07) is 5.68. The van der Waals surface area contributed by atoms with Crippen LogP contribution in [0.25, 0.3) is 0 Å². The van der Waals surface area contributed by atoms with E-state index in [1.807, 2.05) is 0 Å². The minimum Gasteiger partial charge on any atom is -0.398 e. The second-order valence-corrected chi connectivity index (χ2v) is 4.29. The van der Waals surface area contributed by atoms with Crippen LogP contribution in [0.5, 0.6) is 0 Å². The Balaban J connectivity index is 2.52. The highest BCUT2D eigenvalue weighted by molar-refractivity contribution is 5.71. The molecule has 0 amide bonds. The highest BCUT2D eigenvalue weighted by Crippen LogP contribution is 2.32. The summed E-state index contributed by atoms with van der Waals surface area (Å²) < 4.78 is 40.0. The Labute approximate surface area is 109 Å². The number of benzene rings is 2. The molecule has 2 aromatic rings. The second kappa shape index (κ2) is 4.84. The number of nitrogen functional groups attached to an aromatic ring is 1. The maximum atomic E-state index is 13.7. The third-order valence-electron chi connectivity index (χ3n) is 3.02. The van der Waals surface area contributed by atoms with Crippen LogP contribution in [0.4, 0.5) is 30.2 Å². The van der Waals surface area contributed by atoms with Crippen molar-refractivity contribution in [3.63, 3.8) is 0 Å². The first-order valence-electron chi connectivity index (χ1n) is 5.64. The van der Waals surface area contributed by atoms with Crippen molar-refractivity contribution in [2.75, 3.05) is 17.7 Å². The molecule has 0 fully saturated rings. The normalized spacial score (nSPS) is 10.6. The van der Waals surface area contributed by atoms with Crippen molar-refractivity contribution in [2.24, 2.45) is 0 Å². The largest absolute Gasteiger partial charge is 0.398 e. The van der Waals surface area contributed by atoms with Gasteiger partial charge in [0.2, 0.25) is 0 Å². The van der Waals surface area contributed by atoms with Gasteiger partial charge < -0.3 is 10.6 Å².